The average molecular weight is 575 g/mol. The highest BCUT2D eigenvalue weighted by molar-refractivity contribution is 14.0. The summed E-state index contributed by atoms with van der Waals surface area (Å²) >= 11 is 0. The minimum absolute atomic E-state index is 0. The fourth-order valence-corrected chi connectivity index (χ4v) is 3.64. The lowest BCUT2D eigenvalue weighted by molar-refractivity contribution is 0.0256. The Balaban J connectivity index is 0.00000544. The van der Waals surface area contributed by atoms with Gasteiger partial charge in [0.1, 0.15) is 5.60 Å². The molecule has 1 aromatic rings. The summed E-state index contributed by atoms with van der Waals surface area (Å²) in [6.07, 6.45) is 4.60. The lowest BCUT2D eigenvalue weighted by Gasteiger charge is -2.33. The van der Waals surface area contributed by atoms with E-state index in [0.29, 0.717) is 25.7 Å². The molecule has 0 spiro atoms. The maximum absolute atomic E-state index is 12.4. The summed E-state index contributed by atoms with van der Waals surface area (Å²) in [6, 6.07) is 6.47. The molecule has 0 atom stereocenters. The van der Waals surface area contributed by atoms with E-state index in [0.717, 1.165) is 57.1 Å². The van der Waals surface area contributed by atoms with Gasteiger partial charge >= 0.3 is 6.09 Å². The van der Waals surface area contributed by atoms with Crippen LogP contribution < -0.4 is 10.6 Å². The molecule has 0 radical (unpaired) electrons. The summed E-state index contributed by atoms with van der Waals surface area (Å²) in [5.41, 5.74) is 0.629. The van der Waals surface area contributed by atoms with Crippen LogP contribution in [0.15, 0.2) is 29.4 Å². The second-order valence-electron chi connectivity index (χ2n) is 9.24. The molecule has 33 heavy (non-hydrogen) atoms. The molecule has 1 aliphatic heterocycles. The zero-order valence-electron chi connectivity index (χ0n) is 21.0. The first-order chi connectivity index (χ1) is 15.3. The van der Waals surface area contributed by atoms with Crippen LogP contribution in [0.4, 0.5) is 4.79 Å². The number of carbonyl (C=O) groups excluding carboxylic acids is 1. The van der Waals surface area contributed by atoms with E-state index in [2.05, 4.69) is 40.4 Å². The second-order valence-corrected chi connectivity index (χ2v) is 9.24. The van der Waals surface area contributed by atoms with Crippen LogP contribution in [-0.2, 0) is 11.3 Å². The average Bonchev–Trinajstić information content (AvgIpc) is 2.74. The van der Waals surface area contributed by atoms with Gasteiger partial charge in [0, 0.05) is 51.5 Å². The van der Waals surface area contributed by atoms with Gasteiger partial charge in [0.2, 0.25) is 0 Å². The molecule has 1 saturated heterocycles. The van der Waals surface area contributed by atoms with Crippen molar-refractivity contribution < 1.29 is 9.53 Å². The SMILES string of the molecule is CCCN(CCN=C(NCC)NC1CCN(Cc2ccccn2)CC1)C(=O)OC(C)(C)C.I. The standard InChI is InChI=1S/C24H42N6O2.HI/c1-6-15-30(23(31)32-24(3,4)5)18-14-27-22(25-7-2)28-20-11-16-29(17-12-20)19-21-10-8-9-13-26-21;/h8-10,13,20H,6-7,11-12,14-19H2,1-5H3,(H2,25,27,28);1H. The first kappa shape index (κ1) is 29.4. The first-order valence-electron chi connectivity index (χ1n) is 12.0. The summed E-state index contributed by atoms with van der Waals surface area (Å²) < 4.78 is 5.53. The quantitative estimate of drug-likeness (QED) is 0.265. The van der Waals surface area contributed by atoms with Gasteiger partial charge < -0.3 is 20.3 Å². The fourth-order valence-electron chi connectivity index (χ4n) is 3.64. The number of amides is 1. The number of piperidine rings is 1. The Bertz CT molecular complexity index is 703. The fraction of sp³-hybridized carbons (Fsp3) is 0.708. The van der Waals surface area contributed by atoms with E-state index in [1.165, 1.54) is 0 Å². The van der Waals surface area contributed by atoms with Crippen molar-refractivity contribution in [3.8, 4) is 0 Å². The molecule has 1 aliphatic rings. The van der Waals surface area contributed by atoms with Crippen molar-refractivity contribution in [2.45, 2.75) is 72.1 Å². The Morgan fingerprint density at radius 1 is 1.24 bits per heavy atom. The Kier molecular flexibility index (Phi) is 13.6. The zero-order chi connectivity index (χ0) is 23.4. The van der Waals surface area contributed by atoms with Gasteiger partial charge in [0.25, 0.3) is 0 Å². The van der Waals surface area contributed by atoms with E-state index in [1.54, 1.807) is 4.90 Å². The Morgan fingerprint density at radius 2 is 1.97 bits per heavy atom. The molecular weight excluding hydrogens is 531 g/mol. The Labute approximate surface area is 217 Å². The van der Waals surface area contributed by atoms with Gasteiger partial charge in [-0.2, -0.15) is 0 Å². The van der Waals surface area contributed by atoms with Crippen molar-refractivity contribution in [1.82, 2.24) is 25.4 Å². The third-order valence-corrected chi connectivity index (χ3v) is 5.17. The number of carbonyl (C=O) groups is 1. The largest absolute Gasteiger partial charge is 0.444 e. The molecule has 2 rings (SSSR count). The number of hydrogen-bond donors (Lipinski definition) is 2. The molecule has 0 unspecified atom stereocenters. The van der Waals surface area contributed by atoms with E-state index < -0.39 is 5.60 Å². The summed E-state index contributed by atoms with van der Waals surface area (Å²) in [5.74, 6) is 0.816. The van der Waals surface area contributed by atoms with Crippen molar-refractivity contribution in [3.05, 3.63) is 30.1 Å². The van der Waals surface area contributed by atoms with Crippen molar-refractivity contribution in [2.24, 2.45) is 4.99 Å². The van der Waals surface area contributed by atoms with E-state index in [-0.39, 0.29) is 30.1 Å². The molecule has 0 aliphatic carbocycles. The number of ether oxygens (including phenoxy) is 1. The van der Waals surface area contributed by atoms with Crippen LogP contribution in [0.25, 0.3) is 0 Å². The van der Waals surface area contributed by atoms with Crippen LogP contribution in [0.1, 0.15) is 59.6 Å². The molecule has 188 valence electrons. The molecule has 2 heterocycles. The monoisotopic (exact) mass is 574 g/mol. The van der Waals surface area contributed by atoms with Crippen LogP contribution >= 0.6 is 24.0 Å². The lowest BCUT2D eigenvalue weighted by Crippen LogP contribution is -2.48. The lowest BCUT2D eigenvalue weighted by atomic mass is 10.0. The molecule has 2 N–H and O–H groups in total. The maximum atomic E-state index is 12.4. The highest BCUT2D eigenvalue weighted by Gasteiger charge is 2.22. The molecule has 0 aromatic carbocycles. The van der Waals surface area contributed by atoms with E-state index in [9.17, 15) is 4.79 Å². The number of aromatic nitrogens is 1. The summed E-state index contributed by atoms with van der Waals surface area (Å²) in [6.45, 7) is 15.3. The molecule has 1 fully saturated rings. The van der Waals surface area contributed by atoms with Gasteiger partial charge in [0.05, 0.1) is 12.2 Å². The molecule has 0 bridgehead atoms. The number of nitrogens with zero attached hydrogens (tertiary/aromatic N) is 4. The number of halogens is 1. The number of likely N-dealkylation sites (tertiary alicyclic amines) is 1. The van der Waals surface area contributed by atoms with Gasteiger partial charge in [-0.25, -0.2) is 4.79 Å². The Morgan fingerprint density at radius 3 is 2.55 bits per heavy atom. The van der Waals surface area contributed by atoms with E-state index >= 15 is 0 Å². The van der Waals surface area contributed by atoms with Gasteiger partial charge in [-0.15, -0.1) is 24.0 Å². The molecule has 8 nitrogen and oxygen atoms in total. The van der Waals surface area contributed by atoms with E-state index in [1.807, 2.05) is 39.1 Å². The van der Waals surface area contributed by atoms with Crippen molar-refractivity contribution >= 4 is 36.0 Å². The van der Waals surface area contributed by atoms with Gasteiger partial charge in [-0.3, -0.25) is 14.9 Å². The van der Waals surface area contributed by atoms with Crippen molar-refractivity contribution in [1.29, 1.82) is 0 Å². The maximum Gasteiger partial charge on any atom is 0.410 e. The molecule has 0 saturated carbocycles. The van der Waals surface area contributed by atoms with Crippen LogP contribution in [-0.4, -0.2) is 77.7 Å². The smallest absolute Gasteiger partial charge is 0.410 e. The third-order valence-electron chi connectivity index (χ3n) is 5.17. The number of rotatable bonds is 9. The number of nitrogens with one attached hydrogen (secondary N) is 2. The molecule has 9 heteroatoms. The number of hydrogen-bond acceptors (Lipinski definition) is 5. The van der Waals surface area contributed by atoms with E-state index in [4.69, 9.17) is 9.73 Å². The highest BCUT2D eigenvalue weighted by atomic mass is 127. The van der Waals surface area contributed by atoms with Gasteiger partial charge in [-0.05, 0) is 59.1 Å². The zero-order valence-corrected chi connectivity index (χ0v) is 23.3. The van der Waals surface area contributed by atoms with Crippen LogP contribution in [0.2, 0.25) is 0 Å². The third kappa shape index (κ3) is 11.9. The topological polar surface area (TPSA) is 82.1 Å². The molecular formula is C24H43IN6O2. The van der Waals surface area contributed by atoms with Gasteiger partial charge in [0.15, 0.2) is 5.96 Å². The minimum Gasteiger partial charge on any atom is -0.444 e. The highest BCUT2D eigenvalue weighted by Crippen LogP contribution is 2.13. The molecule has 1 aromatic heterocycles. The number of guanidine groups is 1. The minimum atomic E-state index is -0.492. The Hall–Kier alpha value is -1.62. The van der Waals surface area contributed by atoms with Crippen LogP contribution in [0, 0.1) is 0 Å². The second kappa shape index (κ2) is 15.3. The summed E-state index contributed by atoms with van der Waals surface area (Å²) in [4.78, 5) is 25.8. The van der Waals surface area contributed by atoms with Crippen LogP contribution in [0.3, 0.4) is 0 Å². The number of aliphatic imine (C=N–C) groups is 1. The van der Waals surface area contributed by atoms with Crippen molar-refractivity contribution in [3.63, 3.8) is 0 Å². The normalized spacial score (nSPS) is 15.5. The number of pyridine rings is 1. The predicted octanol–water partition coefficient (Wildman–Crippen LogP) is 3.87. The molecule has 1 amide bonds. The van der Waals surface area contributed by atoms with Crippen LogP contribution in [0.5, 0.6) is 0 Å². The predicted molar refractivity (Wildman–Crippen MR) is 145 cm³/mol. The summed E-state index contributed by atoms with van der Waals surface area (Å²) in [5, 5.41) is 6.91. The van der Waals surface area contributed by atoms with Gasteiger partial charge in [-0.1, -0.05) is 13.0 Å². The first-order valence-corrected chi connectivity index (χ1v) is 12.0. The summed E-state index contributed by atoms with van der Waals surface area (Å²) in [7, 11) is 0. The van der Waals surface area contributed by atoms with Crippen molar-refractivity contribution in [2.75, 3.05) is 39.3 Å².